The first-order valence-corrected chi connectivity index (χ1v) is 6.19. The van der Waals surface area contributed by atoms with E-state index in [1.54, 1.807) is 0 Å². The number of amidine groups is 1. The van der Waals surface area contributed by atoms with Crippen LogP contribution in [0.25, 0.3) is 11.3 Å². The van der Waals surface area contributed by atoms with Crippen molar-refractivity contribution in [2.45, 2.75) is 6.92 Å². The smallest absolute Gasteiger partial charge is 0.277 e. The lowest BCUT2D eigenvalue weighted by molar-refractivity contribution is 0.340. The minimum atomic E-state index is -0.387. The van der Waals surface area contributed by atoms with Crippen LogP contribution in [0.3, 0.4) is 0 Å². The molecule has 0 saturated heterocycles. The lowest BCUT2D eigenvalue weighted by Crippen LogP contribution is -2.29. The molecule has 20 heavy (non-hydrogen) atoms. The van der Waals surface area contributed by atoms with Gasteiger partial charge in [0.2, 0.25) is 0 Å². The zero-order chi connectivity index (χ0) is 14.7. The van der Waals surface area contributed by atoms with Crippen molar-refractivity contribution in [2.75, 3.05) is 6.61 Å². The van der Waals surface area contributed by atoms with Gasteiger partial charge in [0.25, 0.3) is 5.56 Å². The number of aromatic nitrogens is 2. The van der Waals surface area contributed by atoms with Gasteiger partial charge in [0.15, 0.2) is 0 Å². The lowest BCUT2D eigenvalue weighted by Gasteiger charge is -2.08. The van der Waals surface area contributed by atoms with E-state index in [4.69, 9.17) is 15.9 Å². The van der Waals surface area contributed by atoms with Crippen molar-refractivity contribution in [3.63, 3.8) is 0 Å². The van der Waals surface area contributed by atoms with E-state index in [0.29, 0.717) is 12.3 Å². The molecule has 0 spiro atoms. The first kappa shape index (κ1) is 13.8. The molecule has 0 unspecified atom stereocenters. The summed E-state index contributed by atoms with van der Waals surface area (Å²) >= 11 is 0. The third-order valence-corrected chi connectivity index (χ3v) is 2.79. The standard InChI is InChI=1S/C14H16N4O2/c1-3-20-10-6-4-5-9(7-10)12-8-11(13(15)16)14(19)18(2)17-12/h4-8H,3H2,1-2H3,(H3,15,16). The topological polar surface area (TPSA) is 94.0 Å². The number of hydrogen-bond donors (Lipinski definition) is 2. The predicted molar refractivity (Wildman–Crippen MR) is 77.1 cm³/mol. The molecule has 0 atom stereocenters. The van der Waals surface area contributed by atoms with Crippen LogP contribution >= 0.6 is 0 Å². The largest absolute Gasteiger partial charge is 0.494 e. The molecule has 6 heteroatoms. The Morgan fingerprint density at radius 1 is 1.45 bits per heavy atom. The average Bonchev–Trinajstić information content (AvgIpc) is 2.42. The molecule has 0 aliphatic rings. The lowest BCUT2D eigenvalue weighted by atomic mass is 10.1. The Morgan fingerprint density at radius 3 is 2.85 bits per heavy atom. The molecule has 3 N–H and O–H groups in total. The van der Waals surface area contributed by atoms with Crippen molar-refractivity contribution in [1.82, 2.24) is 9.78 Å². The molecule has 2 aromatic rings. The van der Waals surface area contributed by atoms with Gasteiger partial charge >= 0.3 is 0 Å². The molecule has 0 saturated carbocycles. The van der Waals surface area contributed by atoms with Gasteiger partial charge in [-0.1, -0.05) is 12.1 Å². The molecule has 1 aromatic carbocycles. The van der Waals surface area contributed by atoms with Crippen LogP contribution in [-0.4, -0.2) is 22.2 Å². The summed E-state index contributed by atoms with van der Waals surface area (Å²) in [5.41, 5.74) is 6.55. The van der Waals surface area contributed by atoms with Crippen molar-refractivity contribution in [3.05, 3.63) is 46.2 Å². The number of rotatable bonds is 4. The molecular weight excluding hydrogens is 256 g/mol. The van der Waals surface area contributed by atoms with Gasteiger partial charge in [-0.25, -0.2) is 4.68 Å². The van der Waals surface area contributed by atoms with Crippen LogP contribution in [0.4, 0.5) is 0 Å². The highest BCUT2D eigenvalue weighted by Crippen LogP contribution is 2.22. The number of hydrogen-bond acceptors (Lipinski definition) is 4. The van der Waals surface area contributed by atoms with Gasteiger partial charge in [-0.2, -0.15) is 5.10 Å². The van der Waals surface area contributed by atoms with E-state index >= 15 is 0 Å². The minimum absolute atomic E-state index is 0.138. The quantitative estimate of drug-likeness (QED) is 0.644. The molecule has 1 heterocycles. The fraction of sp³-hybridized carbons (Fsp3) is 0.214. The Kier molecular flexibility index (Phi) is 3.84. The Hall–Kier alpha value is -2.63. The van der Waals surface area contributed by atoms with E-state index < -0.39 is 0 Å². The molecule has 0 aliphatic heterocycles. The molecule has 0 amide bonds. The van der Waals surface area contributed by atoms with E-state index in [1.807, 2.05) is 31.2 Å². The summed E-state index contributed by atoms with van der Waals surface area (Å²) in [4.78, 5) is 11.8. The number of benzene rings is 1. The van der Waals surface area contributed by atoms with Gasteiger partial charge in [-0.05, 0) is 25.1 Å². The zero-order valence-corrected chi connectivity index (χ0v) is 11.4. The Labute approximate surface area is 116 Å². The van der Waals surface area contributed by atoms with Gasteiger partial charge < -0.3 is 10.5 Å². The number of aryl methyl sites for hydroxylation is 1. The number of nitrogens with one attached hydrogen (secondary N) is 1. The summed E-state index contributed by atoms with van der Waals surface area (Å²) in [6.45, 7) is 2.48. The molecule has 1 aromatic heterocycles. The fourth-order valence-corrected chi connectivity index (χ4v) is 1.85. The summed E-state index contributed by atoms with van der Waals surface area (Å²) < 4.78 is 6.62. The van der Waals surface area contributed by atoms with Crippen molar-refractivity contribution in [2.24, 2.45) is 12.8 Å². The molecule has 0 radical (unpaired) electrons. The Morgan fingerprint density at radius 2 is 2.20 bits per heavy atom. The van der Waals surface area contributed by atoms with Crippen molar-refractivity contribution in [1.29, 1.82) is 5.41 Å². The maximum atomic E-state index is 11.8. The number of nitrogens with zero attached hydrogens (tertiary/aromatic N) is 2. The van der Waals surface area contributed by atoms with E-state index in [-0.39, 0.29) is 17.0 Å². The molecule has 0 bridgehead atoms. The normalized spacial score (nSPS) is 10.3. The monoisotopic (exact) mass is 272 g/mol. The predicted octanol–water partition coefficient (Wildman–Crippen LogP) is 1.13. The van der Waals surface area contributed by atoms with Gasteiger partial charge in [-0.3, -0.25) is 10.2 Å². The molecular formula is C14H16N4O2. The van der Waals surface area contributed by atoms with Crippen LogP contribution in [0.5, 0.6) is 5.75 Å². The van der Waals surface area contributed by atoms with Gasteiger partial charge in [0.05, 0.1) is 17.9 Å². The highest BCUT2D eigenvalue weighted by atomic mass is 16.5. The fourth-order valence-electron chi connectivity index (χ4n) is 1.85. The van der Waals surface area contributed by atoms with Gasteiger partial charge in [-0.15, -0.1) is 0 Å². The van der Waals surface area contributed by atoms with Crippen LogP contribution in [0.2, 0.25) is 0 Å². The third-order valence-electron chi connectivity index (χ3n) is 2.79. The van der Waals surface area contributed by atoms with Crippen LogP contribution in [0.15, 0.2) is 35.1 Å². The maximum absolute atomic E-state index is 11.8. The van der Waals surface area contributed by atoms with E-state index in [1.165, 1.54) is 17.8 Å². The van der Waals surface area contributed by atoms with Crippen molar-refractivity contribution < 1.29 is 4.74 Å². The van der Waals surface area contributed by atoms with Crippen LogP contribution in [0, 0.1) is 5.41 Å². The summed E-state index contributed by atoms with van der Waals surface area (Å²) in [7, 11) is 1.53. The molecule has 0 aliphatic carbocycles. The van der Waals surface area contributed by atoms with E-state index in [2.05, 4.69) is 5.10 Å². The minimum Gasteiger partial charge on any atom is -0.494 e. The van der Waals surface area contributed by atoms with E-state index in [9.17, 15) is 4.79 Å². The molecule has 6 nitrogen and oxygen atoms in total. The summed E-state index contributed by atoms with van der Waals surface area (Å²) in [6, 6.07) is 8.91. The third kappa shape index (κ3) is 2.69. The average molecular weight is 272 g/mol. The summed E-state index contributed by atoms with van der Waals surface area (Å²) in [6.07, 6.45) is 0. The zero-order valence-electron chi connectivity index (χ0n) is 11.4. The SMILES string of the molecule is CCOc1cccc(-c2cc(C(=N)N)c(=O)n(C)n2)c1. The highest BCUT2D eigenvalue weighted by Gasteiger charge is 2.10. The first-order valence-electron chi connectivity index (χ1n) is 6.19. The second-order valence-electron chi connectivity index (χ2n) is 4.25. The highest BCUT2D eigenvalue weighted by molar-refractivity contribution is 5.95. The Bertz CT molecular complexity index is 707. The first-order chi connectivity index (χ1) is 9.52. The summed E-state index contributed by atoms with van der Waals surface area (Å²) in [5.74, 6) is 0.459. The van der Waals surface area contributed by atoms with E-state index in [0.717, 1.165) is 11.3 Å². The number of nitrogens with two attached hydrogens (primary N) is 1. The molecule has 104 valence electrons. The van der Waals surface area contributed by atoms with Gasteiger partial charge in [0.1, 0.15) is 11.6 Å². The molecule has 2 rings (SSSR count). The van der Waals surface area contributed by atoms with Crippen LogP contribution in [0.1, 0.15) is 12.5 Å². The Balaban J connectivity index is 2.55. The second kappa shape index (κ2) is 5.56. The van der Waals surface area contributed by atoms with Gasteiger partial charge in [0, 0.05) is 12.6 Å². The maximum Gasteiger partial charge on any atom is 0.277 e. The van der Waals surface area contributed by atoms with Crippen LogP contribution in [-0.2, 0) is 7.05 Å². The summed E-state index contributed by atoms with van der Waals surface area (Å²) in [5, 5.41) is 11.6. The second-order valence-corrected chi connectivity index (χ2v) is 4.25. The van der Waals surface area contributed by atoms with Crippen molar-refractivity contribution >= 4 is 5.84 Å². The van der Waals surface area contributed by atoms with Crippen molar-refractivity contribution in [3.8, 4) is 17.0 Å². The van der Waals surface area contributed by atoms with Crippen LogP contribution < -0.4 is 16.0 Å². The number of nitrogen functional groups attached to an aromatic ring is 1. The number of ether oxygens (including phenoxy) is 1. The molecule has 0 fully saturated rings.